The highest BCUT2D eigenvalue weighted by Gasteiger charge is 2.38. The predicted octanol–water partition coefficient (Wildman–Crippen LogP) is 3.52. The molecule has 3 N–H and O–H groups in total. The second kappa shape index (κ2) is 6.63. The highest BCUT2D eigenvalue weighted by atomic mass is 16.5. The normalized spacial score (nSPS) is 23.5. The first kappa shape index (κ1) is 16.9. The van der Waals surface area contributed by atoms with E-state index in [-0.39, 0.29) is 11.6 Å². The van der Waals surface area contributed by atoms with E-state index in [2.05, 4.69) is 50.4 Å². The van der Waals surface area contributed by atoms with E-state index >= 15 is 0 Å². The Kier molecular flexibility index (Phi) is 4.30. The van der Waals surface area contributed by atoms with Crippen LogP contribution in [0.1, 0.15) is 56.3 Å². The zero-order valence-corrected chi connectivity index (χ0v) is 15.4. The zero-order valence-electron chi connectivity index (χ0n) is 15.4. The van der Waals surface area contributed by atoms with Gasteiger partial charge in [-0.2, -0.15) is 5.10 Å². The van der Waals surface area contributed by atoms with Crippen molar-refractivity contribution in [2.45, 2.75) is 63.5 Å². The molecule has 0 spiro atoms. The summed E-state index contributed by atoms with van der Waals surface area (Å²) in [5.41, 5.74) is 2.21. The molecule has 2 fully saturated rings. The average molecular weight is 354 g/mol. The molecule has 2 heterocycles. The van der Waals surface area contributed by atoms with Gasteiger partial charge in [-0.05, 0) is 52.5 Å². The van der Waals surface area contributed by atoms with Gasteiger partial charge in [0.2, 0.25) is 0 Å². The molecule has 4 rings (SSSR count). The lowest BCUT2D eigenvalue weighted by Crippen LogP contribution is -2.29. The van der Waals surface area contributed by atoms with Crippen LogP contribution in [0.5, 0.6) is 0 Å². The third-order valence-electron chi connectivity index (χ3n) is 5.18. The minimum absolute atomic E-state index is 0.206. The van der Waals surface area contributed by atoms with Gasteiger partial charge in [0.25, 0.3) is 0 Å². The van der Waals surface area contributed by atoms with Gasteiger partial charge in [0.15, 0.2) is 11.7 Å². The molecule has 26 heavy (non-hydrogen) atoms. The van der Waals surface area contributed by atoms with Crippen molar-refractivity contribution >= 4 is 11.6 Å². The quantitative estimate of drug-likeness (QED) is 0.660. The topological polar surface area (TPSA) is 87.8 Å². The van der Waals surface area contributed by atoms with Gasteiger partial charge in [0.1, 0.15) is 11.9 Å². The van der Waals surface area contributed by atoms with E-state index in [4.69, 9.17) is 4.74 Å². The van der Waals surface area contributed by atoms with Crippen LogP contribution in [0.2, 0.25) is 0 Å². The van der Waals surface area contributed by atoms with Crippen LogP contribution in [0.4, 0.5) is 11.6 Å². The molecule has 138 valence electrons. The zero-order chi connectivity index (χ0) is 18.1. The molecule has 2 aromatic rings. The van der Waals surface area contributed by atoms with Gasteiger partial charge in [-0.15, -0.1) is 0 Å². The predicted molar refractivity (Wildman–Crippen MR) is 100 cm³/mol. The summed E-state index contributed by atoms with van der Waals surface area (Å²) < 4.78 is 6.02. The molecule has 0 radical (unpaired) electrons. The van der Waals surface area contributed by atoms with Crippen LogP contribution in [0.25, 0.3) is 0 Å². The molecule has 7 nitrogen and oxygen atoms in total. The Morgan fingerprint density at radius 3 is 2.92 bits per heavy atom. The third-order valence-corrected chi connectivity index (χ3v) is 5.18. The van der Waals surface area contributed by atoms with Crippen LogP contribution in [0, 0.1) is 6.92 Å². The van der Waals surface area contributed by atoms with Crippen molar-refractivity contribution in [3.05, 3.63) is 42.3 Å². The van der Waals surface area contributed by atoms with Gasteiger partial charge >= 0.3 is 0 Å². The van der Waals surface area contributed by atoms with Crippen LogP contribution in [-0.4, -0.2) is 31.8 Å². The summed E-state index contributed by atoms with van der Waals surface area (Å²) in [6.07, 6.45) is 9.11. The highest BCUT2D eigenvalue weighted by molar-refractivity contribution is 5.51. The average Bonchev–Trinajstić information content (AvgIpc) is 2.99. The van der Waals surface area contributed by atoms with E-state index in [0.29, 0.717) is 17.6 Å². The number of nitrogens with zero attached hydrogens (tertiary/aromatic N) is 3. The molecule has 7 heteroatoms. The number of H-pyrrole nitrogens is 1. The number of nitrogens with one attached hydrogen (secondary N) is 3. The van der Waals surface area contributed by atoms with E-state index in [1.54, 1.807) is 12.4 Å². The van der Waals surface area contributed by atoms with E-state index in [9.17, 15) is 0 Å². The summed E-state index contributed by atoms with van der Waals surface area (Å²) in [4.78, 5) is 8.53. The second-order valence-corrected chi connectivity index (χ2v) is 7.74. The minimum atomic E-state index is 0.206. The SMILES string of the molecule is C=C(NC1(C)CC1)O[C@@H]1CC[C@H](c2cc(Nc3cncc(C)n3)n[nH]2)C1. The van der Waals surface area contributed by atoms with Crippen LogP contribution < -0.4 is 10.6 Å². The lowest BCUT2D eigenvalue weighted by Gasteiger charge is -2.20. The molecule has 2 aliphatic carbocycles. The van der Waals surface area contributed by atoms with Gasteiger partial charge in [0, 0.05) is 29.4 Å². The molecular formula is C19H26N6O. The van der Waals surface area contributed by atoms with E-state index in [0.717, 1.165) is 36.5 Å². The number of aromatic nitrogens is 4. The molecule has 2 aromatic heterocycles. The van der Waals surface area contributed by atoms with Gasteiger partial charge in [0.05, 0.1) is 11.9 Å². The van der Waals surface area contributed by atoms with E-state index in [1.165, 1.54) is 12.8 Å². The fraction of sp³-hybridized carbons (Fsp3) is 0.526. The number of anilines is 2. The third kappa shape index (κ3) is 3.98. The molecule has 0 unspecified atom stereocenters. The molecule has 2 aliphatic rings. The Morgan fingerprint density at radius 1 is 1.31 bits per heavy atom. The monoisotopic (exact) mass is 354 g/mol. The minimum Gasteiger partial charge on any atom is -0.476 e. The van der Waals surface area contributed by atoms with Gasteiger partial charge in [-0.3, -0.25) is 10.1 Å². The van der Waals surface area contributed by atoms with Gasteiger partial charge in [-0.1, -0.05) is 0 Å². The molecular weight excluding hydrogens is 328 g/mol. The lowest BCUT2D eigenvalue weighted by molar-refractivity contribution is 0.102. The van der Waals surface area contributed by atoms with Gasteiger partial charge < -0.3 is 15.4 Å². The number of aromatic amines is 1. The summed E-state index contributed by atoms with van der Waals surface area (Å²) in [7, 11) is 0. The number of hydrogen-bond donors (Lipinski definition) is 3. The van der Waals surface area contributed by atoms with Crippen LogP contribution in [0.3, 0.4) is 0 Å². The molecule has 0 bridgehead atoms. The summed E-state index contributed by atoms with van der Waals surface area (Å²) >= 11 is 0. The van der Waals surface area contributed by atoms with Crippen molar-refractivity contribution in [3.8, 4) is 0 Å². The largest absolute Gasteiger partial charge is 0.476 e. The Balaban J connectivity index is 1.31. The van der Waals surface area contributed by atoms with E-state index < -0.39 is 0 Å². The molecule has 0 amide bonds. The standard InChI is InChI=1S/C19H26N6O/c1-12-10-20-11-18(21-12)22-17-9-16(24-25-17)14-4-5-15(8-14)26-13(2)23-19(3)6-7-19/h9-11,14-15,23H,2,4-8H2,1,3H3,(H2,21,22,24,25)/t14-,15+/m0/s1. The first-order valence-electron chi connectivity index (χ1n) is 9.24. The van der Waals surface area contributed by atoms with Crippen molar-refractivity contribution in [2.24, 2.45) is 0 Å². The smallest absolute Gasteiger partial charge is 0.179 e. The Morgan fingerprint density at radius 2 is 2.15 bits per heavy atom. The molecule has 2 atom stereocenters. The summed E-state index contributed by atoms with van der Waals surface area (Å²) in [6.45, 7) is 8.14. The molecule has 0 aliphatic heterocycles. The lowest BCUT2D eigenvalue weighted by atomic mass is 10.0. The maximum absolute atomic E-state index is 6.02. The first-order chi connectivity index (χ1) is 12.5. The van der Waals surface area contributed by atoms with Crippen molar-refractivity contribution in [1.29, 1.82) is 0 Å². The molecule has 0 saturated heterocycles. The maximum Gasteiger partial charge on any atom is 0.179 e. The summed E-state index contributed by atoms with van der Waals surface area (Å²) in [5.74, 6) is 2.60. The number of aryl methyl sites for hydroxylation is 1. The van der Waals surface area contributed by atoms with Crippen molar-refractivity contribution in [3.63, 3.8) is 0 Å². The second-order valence-electron chi connectivity index (χ2n) is 7.74. The number of rotatable bonds is 7. The molecule has 2 saturated carbocycles. The fourth-order valence-electron chi connectivity index (χ4n) is 3.47. The van der Waals surface area contributed by atoms with Crippen LogP contribution in [0.15, 0.2) is 30.9 Å². The van der Waals surface area contributed by atoms with Crippen molar-refractivity contribution in [1.82, 2.24) is 25.5 Å². The Hall–Kier alpha value is -2.57. The van der Waals surface area contributed by atoms with Crippen molar-refractivity contribution in [2.75, 3.05) is 5.32 Å². The fourth-order valence-corrected chi connectivity index (χ4v) is 3.47. The van der Waals surface area contributed by atoms with Gasteiger partial charge in [-0.25, -0.2) is 4.98 Å². The van der Waals surface area contributed by atoms with Crippen LogP contribution in [-0.2, 0) is 4.74 Å². The van der Waals surface area contributed by atoms with Crippen LogP contribution >= 0.6 is 0 Å². The Labute approximate surface area is 153 Å². The Bertz CT molecular complexity index is 797. The number of hydrogen-bond acceptors (Lipinski definition) is 6. The maximum atomic E-state index is 6.02. The van der Waals surface area contributed by atoms with E-state index in [1.807, 2.05) is 6.92 Å². The van der Waals surface area contributed by atoms with Crippen molar-refractivity contribution < 1.29 is 4.74 Å². The summed E-state index contributed by atoms with van der Waals surface area (Å²) in [5, 5.41) is 14.1. The molecule has 0 aromatic carbocycles. The highest BCUT2D eigenvalue weighted by Crippen LogP contribution is 2.38. The number of ether oxygens (including phenoxy) is 1. The first-order valence-corrected chi connectivity index (χ1v) is 9.24. The summed E-state index contributed by atoms with van der Waals surface area (Å²) in [6, 6.07) is 2.05.